The molecule has 1 aromatic heterocycles. The highest BCUT2D eigenvalue weighted by Gasteiger charge is 2.12. The first kappa shape index (κ1) is 17.7. The van der Waals surface area contributed by atoms with Gasteiger partial charge in [-0.15, -0.1) is 0 Å². The molecule has 2 rings (SSSR count). The quantitative estimate of drug-likeness (QED) is 0.778. The maximum Gasteiger partial charge on any atom is 0.236 e. The summed E-state index contributed by atoms with van der Waals surface area (Å²) in [4.78, 5) is 4.25. The molecule has 0 aliphatic carbocycles. The van der Waals surface area contributed by atoms with E-state index in [-0.39, 0.29) is 5.75 Å². The molecule has 0 spiro atoms. The summed E-state index contributed by atoms with van der Waals surface area (Å²) < 4.78 is 32.3. The first-order valence-corrected chi connectivity index (χ1v) is 8.98. The van der Waals surface area contributed by atoms with Gasteiger partial charge < -0.3 is 4.74 Å². The summed E-state index contributed by atoms with van der Waals surface area (Å²) in [5.41, 5.74) is 1.87. The SMILES string of the molecule is C=C(C)/C=C\C=C/CS(=O)(=O)Nc1cc(OC)cc2cccnc12. The van der Waals surface area contributed by atoms with Crippen molar-refractivity contribution in [2.45, 2.75) is 6.92 Å². The Kier molecular flexibility index (Phi) is 5.76. The van der Waals surface area contributed by atoms with Crippen molar-refractivity contribution in [2.75, 3.05) is 17.6 Å². The minimum absolute atomic E-state index is 0.140. The van der Waals surface area contributed by atoms with E-state index in [0.29, 0.717) is 17.0 Å². The third kappa shape index (κ3) is 4.96. The van der Waals surface area contributed by atoms with Crippen LogP contribution < -0.4 is 9.46 Å². The van der Waals surface area contributed by atoms with Gasteiger partial charge in [0.25, 0.3) is 0 Å². The Bertz CT molecular complexity index is 900. The maximum absolute atomic E-state index is 12.3. The first-order chi connectivity index (χ1) is 11.4. The molecule has 0 saturated carbocycles. The Labute approximate surface area is 142 Å². The lowest BCUT2D eigenvalue weighted by Gasteiger charge is -2.11. The zero-order valence-corrected chi connectivity index (χ0v) is 14.5. The third-order valence-corrected chi connectivity index (χ3v) is 4.29. The summed E-state index contributed by atoms with van der Waals surface area (Å²) in [6.07, 6.45) is 8.42. The van der Waals surface area contributed by atoms with Crippen LogP contribution in [0.4, 0.5) is 5.69 Å². The number of benzene rings is 1. The number of rotatable bonds is 7. The van der Waals surface area contributed by atoms with E-state index < -0.39 is 10.0 Å². The smallest absolute Gasteiger partial charge is 0.236 e. The molecule has 0 radical (unpaired) electrons. The number of allylic oxidation sites excluding steroid dienone is 4. The van der Waals surface area contributed by atoms with Crippen molar-refractivity contribution in [1.29, 1.82) is 0 Å². The highest BCUT2D eigenvalue weighted by molar-refractivity contribution is 7.92. The van der Waals surface area contributed by atoms with E-state index in [1.54, 1.807) is 42.6 Å². The monoisotopic (exact) mass is 344 g/mol. The van der Waals surface area contributed by atoms with Gasteiger partial charge in [-0.05, 0) is 19.1 Å². The first-order valence-electron chi connectivity index (χ1n) is 7.33. The number of hydrogen-bond acceptors (Lipinski definition) is 4. The normalized spacial score (nSPS) is 12.1. The van der Waals surface area contributed by atoms with Gasteiger partial charge in [0.05, 0.1) is 24.1 Å². The predicted molar refractivity (Wildman–Crippen MR) is 98.8 cm³/mol. The molecule has 1 aromatic carbocycles. The Hall–Kier alpha value is -2.60. The van der Waals surface area contributed by atoms with Crippen LogP contribution in [0.15, 0.2) is 66.9 Å². The van der Waals surface area contributed by atoms with E-state index in [0.717, 1.165) is 11.0 Å². The van der Waals surface area contributed by atoms with Gasteiger partial charge in [-0.2, -0.15) is 0 Å². The topological polar surface area (TPSA) is 68.3 Å². The number of sulfonamides is 1. The van der Waals surface area contributed by atoms with Crippen LogP contribution in [0.5, 0.6) is 5.75 Å². The number of ether oxygens (including phenoxy) is 1. The fraction of sp³-hybridized carbons (Fsp3) is 0.167. The van der Waals surface area contributed by atoms with Gasteiger partial charge in [0.1, 0.15) is 5.75 Å². The van der Waals surface area contributed by atoms with Gasteiger partial charge in [0.2, 0.25) is 10.0 Å². The minimum Gasteiger partial charge on any atom is -0.497 e. The van der Waals surface area contributed by atoms with E-state index in [1.165, 1.54) is 7.11 Å². The zero-order chi connectivity index (χ0) is 17.6. The summed E-state index contributed by atoms with van der Waals surface area (Å²) >= 11 is 0. The van der Waals surface area contributed by atoms with Crippen molar-refractivity contribution in [3.05, 3.63) is 66.9 Å². The number of hydrogen-bond donors (Lipinski definition) is 1. The molecule has 0 saturated heterocycles. The molecule has 2 aromatic rings. The van der Waals surface area contributed by atoms with Crippen molar-refractivity contribution >= 4 is 26.6 Å². The zero-order valence-electron chi connectivity index (χ0n) is 13.7. The standard InChI is InChI=1S/C18H20N2O3S/c1-14(2)8-5-4-6-11-24(21,22)20-17-13-16(23-3)12-15-9-7-10-19-18(15)17/h4-10,12-13,20H,1,11H2,2-3H3/b6-4-,8-5-. The lowest BCUT2D eigenvalue weighted by atomic mass is 10.2. The van der Waals surface area contributed by atoms with Gasteiger partial charge in [-0.1, -0.05) is 42.5 Å². The van der Waals surface area contributed by atoms with E-state index in [1.807, 2.05) is 19.1 Å². The van der Waals surface area contributed by atoms with Crippen LogP contribution >= 0.6 is 0 Å². The van der Waals surface area contributed by atoms with Gasteiger partial charge in [0, 0.05) is 17.6 Å². The predicted octanol–water partition coefficient (Wildman–Crippen LogP) is 3.67. The second-order valence-corrected chi connectivity index (χ2v) is 7.03. The highest BCUT2D eigenvalue weighted by atomic mass is 32.2. The highest BCUT2D eigenvalue weighted by Crippen LogP contribution is 2.28. The van der Waals surface area contributed by atoms with Gasteiger partial charge in [-0.3, -0.25) is 9.71 Å². The van der Waals surface area contributed by atoms with Gasteiger partial charge in [0.15, 0.2) is 0 Å². The van der Waals surface area contributed by atoms with E-state index in [4.69, 9.17) is 4.74 Å². The lowest BCUT2D eigenvalue weighted by molar-refractivity contribution is 0.415. The summed E-state index contributed by atoms with van der Waals surface area (Å²) in [5, 5.41) is 0.800. The molecule has 0 bridgehead atoms. The molecule has 0 amide bonds. The number of fused-ring (bicyclic) bond motifs is 1. The molecular formula is C18H20N2O3S. The molecule has 126 valence electrons. The molecule has 1 N–H and O–H groups in total. The van der Waals surface area contributed by atoms with Crippen molar-refractivity contribution in [3.8, 4) is 5.75 Å². The summed E-state index contributed by atoms with van der Waals surface area (Å²) in [7, 11) is -2.01. The van der Waals surface area contributed by atoms with Gasteiger partial charge in [-0.25, -0.2) is 8.42 Å². The van der Waals surface area contributed by atoms with Crippen LogP contribution in [0.2, 0.25) is 0 Å². The van der Waals surface area contributed by atoms with E-state index >= 15 is 0 Å². The summed E-state index contributed by atoms with van der Waals surface area (Å²) in [6, 6.07) is 7.07. The Morgan fingerprint density at radius 1 is 1.38 bits per heavy atom. The number of pyridine rings is 1. The molecule has 0 unspecified atom stereocenters. The second kappa shape index (κ2) is 7.79. The number of methoxy groups -OCH3 is 1. The van der Waals surface area contributed by atoms with E-state index in [9.17, 15) is 8.42 Å². The van der Waals surface area contributed by atoms with Crippen molar-refractivity contribution in [1.82, 2.24) is 4.98 Å². The van der Waals surface area contributed by atoms with Crippen molar-refractivity contribution < 1.29 is 13.2 Å². The van der Waals surface area contributed by atoms with Crippen LogP contribution in [0, 0.1) is 0 Å². The Morgan fingerprint density at radius 3 is 2.88 bits per heavy atom. The van der Waals surface area contributed by atoms with Crippen molar-refractivity contribution in [3.63, 3.8) is 0 Å². The Balaban J connectivity index is 2.23. The lowest BCUT2D eigenvalue weighted by Crippen LogP contribution is -2.15. The Morgan fingerprint density at radius 2 is 2.17 bits per heavy atom. The van der Waals surface area contributed by atoms with Crippen LogP contribution in [0.3, 0.4) is 0 Å². The molecule has 0 fully saturated rings. The third-order valence-electron chi connectivity index (χ3n) is 3.12. The van der Waals surface area contributed by atoms with Crippen LogP contribution in [-0.2, 0) is 10.0 Å². The average Bonchev–Trinajstić information content (AvgIpc) is 2.53. The minimum atomic E-state index is -3.54. The molecule has 24 heavy (non-hydrogen) atoms. The van der Waals surface area contributed by atoms with E-state index in [2.05, 4.69) is 16.3 Å². The van der Waals surface area contributed by atoms with Crippen LogP contribution in [0.1, 0.15) is 6.92 Å². The number of nitrogens with one attached hydrogen (secondary N) is 1. The van der Waals surface area contributed by atoms with Gasteiger partial charge >= 0.3 is 0 Å². The maximum atomic E-state index is 12.3. The number of anilines is 1. The summed E-state index contributed by atoms with van der Waals surface area (Å²) in [6.45, 7) is 5.60. The fourth-order valence-corrected chi connectivity index (χ4v) is 2.99. The second-order valence-electron chi connectivity index (χ2n) is 5.27. The molecular weight excluding hydrogens is 324 g/mol. The number of aromatic nitrogens is 1. The van der Waals surface area contributed by atoms with Crippen LogP contribution in [-0.4, -0.2) is 26.3 Å². The molecule has 0 atom stereocenters. The van der Waals surface area contributed by atoms with Crippen LogP contribution in [0.25, 0.3) is 10.9 Å². The van der Waals surface area contributed by atoms with Crippen molar-refractivity contribution in [2.24, 2.45) is 0 Å². The molecule has 0 aliphatic heterocycles. The average molecular weight is 344 g/mol. The largest absolute Gasteiger partial charge is 0.497 e. The molecule has 0 aliphatic rings. The fourth-order valence-electron chi connectivity index (χ4n) is 2.05. The molecule has 5 nitrogen and oxygen atoms in total. The number of nitrogens with zero attached hydrogens (tertiary/aromatic N) is 1. The summed E-state index contributed by atoms with van der Waals surface area (Å²) in [5.74, 6) is 0.423. The molecule has 1 heterocycles. The molecule has 6 heteroatoms.